The first kappa shape index (κ1) is 21.0. The standard InChI is InChI=1S/C25H25ClN2O4/c1-30-23-5-3-2-4-22(23)28-24(16-6-8-18(26)9-7-16)20-14-19(15-21(20)27-28)32-25(29)17-10-12-31-13-11-17/h2-9,17,19H,10-15H2,1H3/t19-/m0/s1. The SMILES string of the molecule is COc1ccccc1-n1nc2c(c1-c1ccc(Cl)cc1)C[C@H](OC(=O)C1CCOCC1)C2. The molecular formula is C25H25ClN2O4. The molecule has 0 N–H and O–H groups in total. The molecule has 1 fully saturated rings. The average molecular weight is 453 g/mol. The van der Waals surface area contributed by atoms with Gasteiger partial charge in [-0.1, -0.05) is 35.9 Å². The highest BCUT2D eigenvalue weighted by Gasteiger charge is 2.34. The van der Waals surface area contributed by atoms with Gasteiger partial charge in [0.1, 0.15) is 17.5 Å². The van der Waals surface area contributed by atoms with Gasteiger partial charge in [0.15, 0.2) is 0 Å². The number of ether oxygens (including phenoxy) is 3. The van der Waals surface area contributed by atoms with Crippen LogP contribution in [0.1, 0.15) is 24.1 Å². The van der Waals surface area contributed by atoms with E-state index in [0.29, 0.717) is 31.1 Å². The van der Waals surface area contributed by atoms with E-state index in [-0.39, 0.29) is 18.0 Å². The van der Waals surface area contributed by atoms with Gasteiger partial charge in [-0.25, -0.2) is 4.68 Å². The van der Waals surface area contributed by atoms with E-state index < -0.39 is 0 Å². The number of carbonyl (C=O) groups is 1. The fourth-order valence-electron chi connectivity index (χ4n) is 4.55. The lowest BCUT2D eigenvalue weighted by molar-refractivity contribution is -0.156. The van der Waals surface area contributed by atoms with Gasteiger partial charge in [-0.05, 0) is 37.1 Å². The summed E-state index contributed by atoms with van der Waals surface area (Å²) < 4.78 is 18.8. The van der Waals surface area contributed by atoms with Crippen molar-refractivity contribution in [2.75, 3.05) is 20.3 Å². The minimum atomic E-state index is -0.193. The summed E-state index contributed by atoms with van der Waals surface area (Å²) in [6, 6.07) is 15.6. The van der Waals surface area contributed by atoms with Gasteiger partial charge in [-0.2, -0.15) is 5.10 Å². The highest BCUT2D eigenvalue weighted by Crippen LogP contribution is 2.38. The van der Waals surface area contributed by atoms with Crippen molar-refractivity contribution in [3.63, 3.8) is 0 Å². The molecule has 0 saturated carbocycles. The number of methoxy groups -OCH3 is 1. The number of rotatable bonds is 5. The van der Waals surface area contributed by atoms with Gasteiger partial charge < -0.3 is 14.2 Å². The molecule has 1 aliphatic heterocycles. The summed E-state index contributed by atoms with van der Waals surface area (Å²) in [5.74, 6) is 0.557. The van der Waals surface area contributed by atoms with Crippen molar-refractivity contribution >= 4 is 17.6 Å². The van der Waals surface area contributed by atoms with Crippen LogP contribution in [0.3, 0.4) is 0 Å². The summed E-state index contributed by atoms with van der Waals surface area (Å²) in [6.45, 7) is 1.24. The van der Waals surface area contributed by atoms with E-state index in [4.69, 9.17) is 30.9 Å². The first-order valence-corrected chi connectivity index (χ1v) is 11.3. The Morgan fingerprint density at radius 2 is 1.84 bits per heavy atom. The molecule has 5 rings (SSSR count). The molecule has 1 atom stereocenters. The fourth-order valence-corrected chi connectivity index (χ4v) is 4.68. The highest BCUT2D eigenvalue weighted by atomic mass is 35.5. The van der Waals surface area contributed by atoms with E-state index in [1.807, 2.05) is 53.2 Å². The number of esters is 1. The lowest BCUT2D eigenvalue weighted by atomic mass is 10.0. The van der Waals surface area contributed by atoms with Crippen molar-refractivity contribution in [1.82, 2.24) is 9.78 Å². The molecule has 1 aromatic heterocycles. The van der Waals surface area contributed by atoms with Crippen molar-refractivity contribution < 1.29 is 19.0 Å². The molecule has 0 bridgehead atoms. The number of halogens is 1. The van der Waals surface area contributed by atoms with E-state index in [9.17, 15) is 4.79 Å². The van der Waals surface area contributed by atoms with Crippen LogP contribution in [0.25, 0.3) is 16.9 Å². The molecule has 0 radical (unpaired) electrons. The van der Waals surface area contributed by atoms with Crippen molar-refractivity contribution in [3.05, 3.63) is 64.8 Å². The van der Waals surface area contributed by atoms with Gasteiger partial charge >= 0.3 is 5.97 Å². The fraction of sp³-hybridized carbons (Fsp3) is 0.360. The van der Waals surface area contributed by atoms with Crippen LogP contribution in [0.4, 0.5) is 0 Å². The van der Waals surface area contributed by atoms with Crippen molar-refractivity contribution in [2.45, 2.75) is 31.8 Å². The van der Waals surface area contributed by atoms with Crippen LogP contribution in [0.15, 0.2) is 48.5 Å². The third kappa shape index (κ3) is 4.00. The highest BCUT2D eigenvalue weighted by molar-refractivity contribution is 6.30. The second-order valence-electron chi connectivity index (χ2n) is 8.22. The molecule has 0 amide bonds. The van der Waals surface area contributed by atoms with Gasteiger partial charge in [0.2, 0.25) is 0 Å². The summed E-state index contributed by atoms with van der Waals surface area (Å²) in [6.07, 6.45) is 2.51. The maximum atomic E-state index is 12.7. The maximum absolute atomic E-state index is 12.7. The number of para-hydroxylation sites is 2. The Kier molecular flexibility index (Phi) is 5.89. The summed E-state index contributed by atoms with van der Waals surface area (Å²) in [7, 11) is 1.66. The van der Waals surface area contributed by atoms with Crippen molar-refractivity contribution in [1.29, 1.82) is 0 Å². The molecule has 1 saturated heterocycles. The molecule has 0 unspecified atom stereocenters. The predicted molar refractivity (Wildman–Crippen MR) is 121 cm³/mol. The second kappa shape index (κ2) is 8.96. The lowest BCUT2D eigenvalue weighted by Gasteiger charge is -2.22. The van der Waals surface area contributed by atoms with E-state index >= 15 is 0 Å². The van der Waals surface area contributed by atoms with E-state index in [0.717, 1.165) is 46.8 Å². The van der Waals surface area contributed by atoms with Gasteiger partial charge in [0, 0.05) is 42.2 Å². The van der Waals surface area contributed by atoms with Gasteiger partial charge in [0.25, 0.3) is 0 Å². The lowest BCUT2D eigenvalue weighted by Crippen LogP contribution is -2.29. The monoisotopic (exact) mass is 452 g/mol. The first-order chi connectivity index (χ1) is 15.6. The van der Waals surface area contributed by atoms with E-state index in [1.165, 1.54) is 0 Å². The van der Waals surface area contributed by atoms with E-state index in [2.05, 4.69) is 0 Å². The Balaban J connectivity index is 1.48. The smallest absolute Gasteiger partial charge is 0.309 e. The molecule has 7 heteroatoms. The molecule has 2 aromatic carbocycles. The minimum Gasteiger partial charge on any atom is -0.494 e. The van der Waals surface area contributed by atoms with Crippen LogP contribution >= 0.6 is 11.6 Å². The third-order valence-corrected chi connectivity index (χ3v) is 6.44. The maximum Gasteiger partial charge on any atom is 0.309 e. The largest absolute Gasteiger partial charge is 0.494 e. The van der Waals surface area contributed by atoms with Crippen LogP contribution in [-0.4, -0.2) is 42.2 Å². The molecule has 2 heterocycles. The Bertz CT molecular complexity index is 1120. The van der Waals surface area contributed by atoms with Crippen LogP contribution < -0.4 is 4.74 Å². The van der Waals surface area contributed by atoms with Crippen LogP contribution in [-0.2, 0) is 27.1 Å². The Labute approximate surface area is 192 Å². The molecule has 0 spiro atoms. The number of benzene rings is 2. The summed E-state index contributed by atoms with van der Waals surface area (Å²) in [5, 5.41) is 5.61. The second-order valence-corrected chi connectivity index (χ2v) is 8.65. The topological polar surface area (TPSA) is 62.6 Å². The van der Waals surface area contributed by atoms with Gasteiger partial charge in [0.05, 0.1) is 24.4 Å². The zero-order valence-electron chi connectivity index (χ0n) is 17.9. The predicted octanol–water partition coefficient (Wildman–Crippen LogP) is 4.64. The quantitative estimate of drug-likeness (QED) is 0.528. The number of nitrogens with zero attached hydrogens (tertiary/aromatic N) is 2. The Hall–Kier alpha value is -2.83. The van der Waals surface area contributed by atoms with Crippen LogP contribution in [0, 0.1) is 5.92 Å². The molecule has 1 aliphatic carbocycles. The Morgan fingerprint density at radius 1 is 1.09 bits per heavy atom. The first-order valence-electron chi connectivity index (χ1n) is 10.9. The zero-order valence-corrected chi connectivity index (χ0v) is 18.7. The summed E-state index contributed by atoms with van der Waals surface area (Å²) in [4.78, 5) is 12.7. The number of hydrogen-bond donors (Lipinski definition) is 0. The number of carbonyl (C=O) groups excluding carboxylic acids is 1. The van der Waals surface area contributed by atoms with Crippen molar-refractivity contribution in [3.8, 4) is 22.7 Å². The Morgan fingerprint density at radius 3 is 2.59 bits per heavy atom. The molecule has 3 aromatic rings. The molecule has 6 nitrogen and oxygen atoms in total. The zero-order chi connectivity index (χ0) is 22.1. The summed E-state index contributed by atoms with van der Waals surface area (Å²) in [5.41, 5.74) is 4.90. The van der Waals surface area contributed by atoms with Gasteiger partial charge in [-0.3, -0.25) is 4.79 Å². The normalized spacial score (nSPS) is 18.4. The van der Waals surface area contributed by atoms with Crippen LogP contribution in [0.5, 0.6) is 5.75 Å². The molecule has 166 valence electrons. The third-order valence-electron chi connectivity index (χ3n) is 6.19. The average Bonchev–Trinajstić information content (AvgIpc) is 3.37. The minimum absolute atomic E-state index is 0.0686. The van der Waals surface area contributed by atoms with Crippen molar-refractivity contribution in [2.24, 2.45) is 5.92 Å². The number of aromatic nitrogens is 2. The number of hydrogen-bond acceptors (Lipinski definition) is 5. The van der Waals surface area contributed by atoms with Gasteiger partial charge in [-0.15, -0.1) is 0 Å². The summed E-state index contributed by atoms with van der Waals surface area (Å²) >= 11 is 6.14. The molecular weight excluding hydrogens is 428 g/mol. The molecule has 32 heavy (non-hydrogen) atoms. The molecule has 2 aliphatic rings. The van der Waals surface area contributed by atoms with Crippen LogP contribution in [0.2, 0.25) is 5.02 Å². The number of fused-ring (bicyclic) bond motifs is 1. The van der Waals surface area contributed by atoms with E-state index in [1.54, 1.807) is 7.11 Å².